The molecular weight excluding hydrogens is 268 g/mol. The third-order valence-corrected chi connectivity index (χ3v) is 3.87. The number of amides is 1. The van der Waals surface area contributed by atoms with Gasteiger partial charge in [-0.05, 0) is 30.5 Å². The summed E-state index contributed by atoms with van der Waals surface area (Å²) < 4.78 is 0. The van der Waals surface area contributed by atoms with Crippen LogP contribution in [0.4, 0.5) is 0 Å². The molecule has 1 aromatic heterocycles. The molecule has 2 rings (SSSR count). The molecule has 1 aliphatic rings. The lowest BCUT2D eigenvalue weighted by molar-refractivity contribution is -0.131. The van der Waals surface area contributed by atoms with E-state index in [0.29, 0.717) is 17.2 Å². The van der Waals surface area contributed by atoms with Crippen LogP contribution in [-0.2, 0) is 4.79 Å². The zero-order valence-corrected chi connectivity index (χ0v) is 12.2. The van der Waals surface area contributed by atoms with Gasteiger partial charge in [-0.15, -0.1) is 0 Å². The van der Waals surface area contributed by atoms with E-state index in [1.54, 1.807) is 11.0 Å². The van der Waals surface area contributed by atoms with Gasteiger partial charge in [0, 0.05) is 31.6 Å². The van der Waals surface area contributed by atoms with Crippen molar-refractivity contribution in [2.24, 2.45) is 0 Å². The van der Waals surface area contributed by atoms with Gasteiger partial charge in [0.15, 0.2) is 0 Å². The fourth-order valence-corrected chi connectivity index (χ4v) is 2.67. The van der Waals surface area contributed by atoms with Crippen LogP contribution in [-0.4, -0.2) is 40.0 Å². The van der Waals surface area contributed by atoms with Crippen molar-refractivity contribution in [3.63, 3.8) is 0 Å². The van der Waals surface area contributed by atoms with E-state index in [4.69, 9.17) is 5.11 Å². The standard InChI is InChI=1S/C16H20N2O3/c1-18(14-5-3-2-4-6-14)16(21)13-9-12(10-17-11-13)7-8-15(19)20/h7-11,14H,2-6H2,1H3,(H,19,20). The number of carboxylic acid groups (broad SMARTS) is 1. The van der Waals surface area contributed by atoms with Gasteiger partial charge in [-0.1, -0.05) is 19.3 Å². The zero-order chi connectivity index (χ0) is 15.2. The SMILES string of the molecule is CN(C(=O)c1cncc(C=CC(=O)O)c1)C1CCCCC1. The van der Waals surface area contributed by atoms with E-state index in [1.807, 2.05) is 7.05 Å². The van der Waals surface area contributed by atoms with Gasteiger partial charge < -0.3 is 10.0 Å². The second kappa shape index (κ2) is 7.02. The Bertz CT molecular complexity index is 548. The number of rotatable bonds is 4. The van der Waals surface area contributed by atoms with Crippen molar-refractivity contribution < 1.29 is 14.7 Å². The minimum absolute atomic E-state index is 0.0556. The molecular formula is C16H20N2O3. The van der Waals surface area contributed by atoms with Crippen molar-refractivity contribution in [3.8, 4) is 0 Å². The highest BCUT2D eigenvalue weighted by atomic mass is 16.4. The van der Waals surface area contributed by atoms with Crippen LogP contribution in [0, 0.1) is 0 Å². The van der Waals surface area contributed by atoms with Crippen LogP contribution in [0.25, 0.3) is 6.08 Å². The van der Waals surface area contributed by atoms with Crippen molar-refractivity contribution in [2.45, 2.75) is 38.1 Å². The molecule has 5 heteroatoms. The lowest BCUT2D eigenvalue weighted by atomic mass is 9.94. The third kappa shape index (κ3) is 4.15. The fourth-order valence-electron chi connectivity index (χ4n) is 2.67. The van der Waals surface area contributed by atoms with Gasteiger partial charge in [0.05, 0.1) is 5.56 Å². The summed E-state index contributed by atoms with van der Waals surface area (Å²) in [4.78, 5) is 28.8. The smallest absolute Gasteiger partial charge is 0.328 e. The van der Waals surface area contributed by atoms with E-state index in [2.05, 4.69) is 4.98 Å². The number of carbonyl (C=O) groups is 2. The van der Waals surface area contributed by atoms with Gasteiger partial charge in [0.2, 0.25) is 0 Å². The average molecular weight is 288 g/mol. The van der Waals surface area contributed by atoms with Crippen molar-refractivity contribution in [3.05, 3.63) is 35.7 Å². The van der Waals surface area contributed by atoms with Crippen LogP contribution in [0.2, 0.25) is 0 Å². The monoisotopic (exact) mass is 288 g/mol. The molecule has 0 atom stereocenters. The number of aliphatic carboxylic acids is 1. The summed E-state index contributed by atoms with van der Waals surface area (Å²) in [5.41, 5.74) is 1.11. The Morgan fingerprint density at radius 3 is 2.67 bits per heavy atom. The number of hydrogen-bond acceptors (Lipinski definition) is 3. The normalized spacial score (nSPS) is 16.0. The molecule has 1 saturated carbocycles. The van der Waals surface area contributed by atoms with Crippen LogP contribution >= 0.6 is 0 Å². The van der Waals surface area contributed by atoms with Crippen LogP contribution in [0.5, 0.6) is 0 Å². The molecule has 0 bridgehead atoms. The Labute approximate surface area is 124 Å². The molecule has 1 aromatic rings. The van der Waals surface area contributed by atoms with Crippen molar-refractivity contribution in [2.75, 3.05) is 7.05 Å². The molecule has 1 fully saturated rings. The van der Waals surface area contributed by atoms with Gasteiger partial charge in [0.25, 0.3) is 5.91 Å². The topological polar surface area (TPSA) is 70.5 Å². The molecule has 112 valence electrons. The van der Waals surface area contributed by atoms with Crippen LogP contribution in [0.15, 0.2) is 24.5 Å². The van der Waals surface area contributed by atoms with Crippen molar-refractivity contribution >= 4 is 18.0 Å². The molecule has 0 spiro atoms. The summed E-state index contributed by atoms with van der Waals surface area (Å²) in [7, 11) is 1.83. The highest BCUT2D eigenvalue weighted by molar-refractivity contribution is 5.94. The number of aromatic nitrogens is 1. The maximum absolute atomic E-state index is 12.5. The molecule has 0 radical (unpaired) electrons. The maximum Gasteiger partial charge on any atom is 0.328 e. The van der Waals surface area contributed by atoms with E-state index in [-0.39, 0.29) is 5.91 Å². The molecule has 0 aliphatic heterocycles. The first kappa shape index (κ1) is 15.2. The largest absolute Gasteiger partial charge is 0.478 e. The number of carboxylic acids is 1. The van der Waals surface area contributed by atoms with Gasteiger partial charge in [-0.3, -0.25) is 9.78 Å². The fraction of sp³-hybridized carbons (Fsp3) is 0.438. The predicted octanol–water partition coefficient (Wildman–Crippen LogP) is 2.58. The summed E-state index contributed by atoms with van der Waals surface area (Å²) in [6, 6.07) is 1.97. The summed E-state index contributed by atoms with van der Waals surface area (Å²) in [5, 5.41) is 8.63. The van der Waals surface area contributed by atoms with E-state index in [0.717, 1.165) is 18.9 Å². The predicted molar refractivity (Wildman–Crippen MR) is 79.9 cm³/mol. The van der Waals surface area contributed by atoms with Crippen LogP contribution in [0.1, 0.15) is 48.0 Å². The van der Waals surface area contributed by atoms with Crippen LogP contribution < -0.4 is 0 Å². The lowest BCUT2D eigenvalue weighted by Crippen LogP contribution is -2.38. The van der Waals surface area contributed by atoms with Gasteiger partial charge in [-0.25, -0.2) is 4.79 Å². The van der Waals surface area contributed by atoms with E-state index in [9.17, 15) is 9.59 Å². The van der Waals surface area contributed by atoms with Crippen molar-refractivity contribution in [1.29, 1.82) is 0 Å². The Hall–Kier alpha value is -2.17. The first-order chi connectivity index (χ1) is 10.1. The van der Waals surface area contributed by atoms with Gasteiger partial charge >= 0.3 is 5.97 Å². The lowest BCUT2D eigenvalue weighted by Gasteiger charge is -2.31. The molecule has 1 heterocycles. The average Bonchev–Trinajstić information content (AvgIpc) is 2.52. The highest BCUT2D eigenvalue weighted by Gasteiger charge is 2.23. The zero-order valence-electron chi connectivity index (χ0n) is 12.2. The summed E-state index contributed by atoms with van der Waals surface area (Å²) in [5.74, 6) is -1.08. The molecule has 0 aromatic carbocycles. The summed E-state index contributed by atoms with van der Waals surface area (Å²) in [6.07, 6.45) is 11.2. The van der Waals surface area contributed by atoms with Crippen LogP contribution in [0.3, 0.4) is 0 Å². The van der Waals surface area contributed by atoms with Gasteiger partial charge in [-0.2, -0.15) is 0 Å². The summed E-state index contributed by atoms with van der Waals surface area (Å²) >= 11 is 0. The first-order valence-corrected chi connectivity index (χ1v) is 7.21. The number of hydrogen-bond donors (Lipinski definition) is 1. The molecule has 1 amide bonds. The minimum atomic E-state index is -1.02. The molecule has 1 N–H and O–H groups in total. The second-order valence-electron chi connectivity index (χ2n) is 5.39. The van der Waals surface area contributed by atoms with Gasteiger partial charge in [0.1, 0.15) is 0 Å². The quantitative estimate of drug-likeness (QED) is 0.864. The number of nitrogens with zero attached hydrogens (tertiary/aromatic N) is 2. The Balaban J connectivity index is 2.11. The Kier molecular flexibility index (Phi) is 5.09. The van der Waals surface area contributed by atoms with E-state index >= 15 is 0 Å². The molecule has 0 unspecified atom stereocenters. The minimum Gasteiger partial charge on any atom is -0.478 e. The van der Waals surface area contributed by atoms with E-state index < -0.39 is 5.97 Å². The molecule has 1 aliphatic carbocycles. The Morgan fingerprint density at radius 1 is 1.29 bits per heavy atom. The van der Waals surface area contributed by atoms with Crippen molar-refractivity contribution in [1.82, 2.24) is 9.88 Å². The second-order valence-corrected chi connectivity index (χ2v) is 5.39. The highest BCUT2D eigenvalue weighted by Crippen LogP contribution is 2.23. The molecule has 0 saturated heterocycles. The third-order valence-electron chi connectivity index (χ3n) is 3.87. The number of pyridine rings is 1. The number of carbonyl (C=O) groups excluding carboxylic acids is 1. The molecule has 5 nitrogen and oxygen atoms in total. The Morgan fingerprint density at radius 2 is 2.00 bits per heavy atom. The summed E-state index contributed by atoms with van der Waals surface area (Å²) in [6.45, 7) is 0. The first-order valence-electron chi connectivity index (χ1n) is 7.21. The maximum atomic E-state index is 12.5. The molecule has 21 heavy (non-hydrogen) atoms. The van der Waals surface area contributed by atoms with E-state index in [1.165, 1.54) is 37.7 Å².